The Balaban J connectivity index is 2.36. The van der Waals surface area contributed by atoms with Gasteiger partial charge in [0.2, 0.25) is 11.9 Å². The van der Waals surface area contributed by atoms with Crippen molar-refractivity contribution in [1.29, 1.82) is 5.41 Å². The van der Waals surface area contributed by atoms with Crippen LogP contribution < -0.4 is 5.73 Å². The maximum absolute atomic E-state index is 12.0. The maximum Gasteiger partial charge on any atom is 0.326 e. The second-order valence-corrected chi connectivity index (χ2v) is 5.62. The number of nitrogens with one attached hydrogen (secondary N) is 1. The van der Waals surface area contributed by atoms with Crippen molar-refractivity contribution < 1.29 is 9.59 Å². The molecule has 1 fully saturated rings. The third kappa shape index (κ3) is 2.77. The third-order valence-corrected chi connectivity index (χ3v) is 3.68. The Kier molecular flexibility index (Phi) is 4.39. The van der Waals surface area contributed by atoms with Gasteiger partial charge in [-0.15, -0.1) is 0 Å². The lowest BCUT2D eigenvalue weighted by molar-refractivity contribution is -0.142. The number of guanidine groups is 2. The summed E-state index contributed by atoms with van der Waals surface area (Å²) in [4.78, 5) is 29.6. The molecule has 1 saturated heterocycles. The smallest absolute Gasteiger partial charge is 0.326 e. The monoisotopic (exact) mass is 341 g/mol. The van der Waals surface area contributed by atoms with Crippen LogP contribution in [-0.2, 0) is 9.59 Å². The summed E-state index contributed by atoms with van der Waals surface area (Å²) in [6.07, 6.45) is 0. The van der Waals surface area contributed by atoms with Crippen LogP contribution in [0.15, 0.2) is 23.2 Å². The SMILES string of the molecule is CC(C)N1C(=N)N(C(N)=Nc2ccc(Cl)c(Cl)c2)C(=O)C1=O. The van der Waals surface area contributed by atoms with Crippen LogP contribution in [0, 0.1) is 5.41 Å². The zero-order valence-corrected chi connectivity index (χ0v) is 13.3. The van der Waals surface area contributed by atoms with Gasteiger partial charge in [-0.2, -0.15) is 0 Å². The molecule has 1 aromatic rings. The lowest BCUT2D eigenvalue weighted by Crippen LogP contribution is -2.44. The molecule has 2 rings (SSSR count). The van der Waals surface area contributed by atoms with E-state index in [4.69, 9.17) is 34.3 Å². The quantitative estimate of drug-likeness (QED) is 0.488. The highest BCUT2D eigenvalue weighted by Crippen LogP contribution is 2.27. The van der Waals surface area contributed by atoms with E-state index in [1.54, 1.807) is 19.9 Å². The molecule has 0 radical (unpaired) electrons. The summed E-state index contributed by atoms with van der Waals surface area (Å²) in [7, 11) is 0. The van der Waals surface area contributed by atoms with Crippen molar-refractivity contribution >= 4 is 52.6 Å². The number of carbonyl (C=O) groups excluding carboxylic acids is 2. The standard InChI is InChI=1S/C13H13Cl2N5O2/c1-6(2)19-10(21)11(22)20(13(19)17)12(16)18-7-3-4-8(14)9(15)5-7/h3-6,17H,1-2H3,(H2,16,18). The molecule has 1 aliphatic heterocycles. The van der Waals surface area contributed by atoms with Crippen molar-refractivity contribution in [3.05, 3.63) is 28.2 Å². The lowest BCUT2D eigenvalue weighted by Gasteiger charge is -2.20. The molecule has 1 aliphatic rings. The summed E-state index contributed by atoms with van der Waals surface area (Å²) < 4.78 is 0. The van der Waals surface area contributed by atoms with Gasteiger partial charge in [-0.1, -0.05) is 23.2 Å². The van der Waals surface area contributed by atoms with E-state index in [0.717, 1.165) is 9.80 Å². The first kappa shape index (κ1) is 16.3. The average Bonchev–Trinajstić information content (AvgIpc) is 2.64. The van der Waals surface area contributed by atoms with Gasteiger partial charge in [-0.25, -0.2) is 9.89 Å². The normalized spacial score (nSPS) is 16.2. The van der Waals surface area contributed by atoms with Gasteiger partial charge < -0.3 is 5.73 Å². The molecule has 0 aliphatic carbocycles. The molecule has 0 atom stereocenters. The fourth-order valence-electron chi connectivity index (χ4n) is 1.93. The van der Waals surface area contributed by atoms with Crippen molar-refractivity contribution in [3.63, 3.8) is 0 Å². The van der Waals surface area contributed by atoms with Crippen LogP contribution >= 0.6 is 23.2 Å². The van der Waals surface area contributed by atoms with Gasteiger partial charge >= 0.3 is 11.8 Å². The topological polar surface area (TPSA) is 103 Å². The van der Waals surface area contributed by atoms with E-state index in [9.17, 15) is 9.59 Å². The summed E-state index contributed by atoms with van der Waals surface area (Å²) in [5.74, 6) is -2.34. The first-order chi connectivity index (χ1) is 10.2. The van der Waals surface area contributed by atoms with E-state index in [1.165, 1.54) is 12.1 Å². The van der Waals surface area contributed by atoms with Gasteiger partial charge in [0.1, 0.15) is 0 Å². The Bertz CT molecular complexity index is 702. The summed E-state index contributed by atoms with van der Waals surface area (Å²) in [5.41, 5.74) is 6.11. The third-order valence-electron chi connectivity index (χ3n) is 2.94. The second kappa shape index (κ2) is 5.94. The van der Waals surface area contributed by atoms with E-state index in [-0.39, 0.29) is 23.0 Å². The zero-order valence-electron chi connectivity index (χ0n) is 11.8. The predicted octanol–water partition coefficient (Wildman–Crippen LogP) is 1.95. The molecular formula is C13H13Cl2N5O2. The Morgan fingerprint density at radius 1 is 1.23 bits per heavy atom. The van der Waals surface area contributed by atoms with Crippen LogP contribution in [-0.4, -0.2) is 39.6 Å². The lowest BCUT2D eigenvalue weighted by atomic mass is 10.3. The van der Waals surface area contributed by atoms with E-state index in [0.29, 0.717) is 10.7 Å². The molecule has 7 nitrogen and oxygen atoms in total. The highest BCUT2D eigenvalue weighted by molar-refractivity contribution is 6.48. The molecule has 0 saturated carbocycles. The number of benzene rings is 1. The number of amides is 2. The van der Waals surface area contributed by atoms with Crippen LogP contribution in [0.5, 0.6) is 0 Å². The minimum atomic E-state index is -0.917. The molecule has 116 valence electrons. The van der Waals surface area contributed by atoms with Crippen LogP contribution in [0.2, 0.25) is 10.0 Å². The predicted molar refractivity (Wildman–Crippen MR) is 84.3 cm³/mol. The first-order valence-corrected chi connectivity index (χ1v) is 7.05. The van der Waals surface area contributed by atoms with Crippen LogP contribution in [0.1, 0.15) is 13.8 Å². The highest BCUT2D eigenvalue weighted by atomic mass is 35.5. The summed E-state index contributed by atoms with van der Waals surface area (Å²) in [5, 5.41) is 8.56. The van der Waals surface area contributed by atoms with E-state index < -0.39 is 11.8 Å². The van der Waals surface area contributed by atoms with Gasteiger partial charge in [0.25, 0.3) is 0 Å². The Labute approximate surface area is 136 Å². The summed E-state index contributed by atoms with van der Waals surface area (Å²) in [6.45, 7) is 3.38. The van der Waals surface area contributed by atoms with Gasteiger partial charge in [0, 0.05) is 6.04 Å². The number of nitrogens with zero attached hydrogens (tertiary/aromatic N) is 3. The molecule has 3 N–H and O–H groups in total. The van der Waals surface area contributed by atoms with Crippen LogP contribution in [0.3, 0.4) is 0 Å². The van der Waals surface area contributed by atoms with E-state index in [1.807, 2.05) is 0 Å². The number of hydrogen-bond acceptors (Lipinski definition) is 4. The molecule has 0 aromatic heterocycles. The number of hydrogen-bond donors (Lipinski definition) is 2. The molecular weight excluding hydrogens is 329 g/mol. The fraction of sp³-hybridized carbons (Fsp3) is 0.231. The van der Waals surface area contributed by atoms with Crippen molar-refractivity contribution in [2.24, 2.45) is 10.7 Å². The highest BCUT2D eigenvalue weighted by Gasteiger charge is 2.44. The minimum absolute atomic E-state index is 0.276. The van der Waals surface area contributed by atoms with Crippen LogP contribution in [0.4, 0.5) is 5.69 Å². The second-order valence-electron chi connectivity index (χ2n) is 4.80. The zero-order chi connectivity index (χ0) is 16.6. The van der Waals surface area contributed by atoms with Gasteiger partial charge in [0.15, 0.2) is 0 Å². The molecule has 2 amide bonds. The first-order valence-electron chi connectivity index (χ1n) is 6.29. The number of rotatable bonds is 2. The van der Waals surface area contributed by atoms with Crippen LogP contribution in [0.25, 0.3) is 0 Å². The molecule has 0 spiro atoms. The van der Waals surface area contributed by atoms with E-state index in [2.05, 4.69) is 4.99 Å². The largest absolute Gasteiger partial charge is 0.369 e. The molecule has 1 heterocycles. The van der Waals surface area contributed by atoms with Gasteiger partial charge in [-0.3, -0.25) is 19.9 Å². The maximum atomic E-state index is 12.0. The number of carbonyl (C=O) groups is 2. The minimum Gasteiger partial charge on any atom is -0.369 e. The van der Waals surface area contributed by atoms with Crippen molar-refractivity contribution in [1.82, 2.24) is 9.80 Å². The number of aliphatic imine (C=N–C) groups is 1. The summed E-state index contributed by atoms with van der Waals surface area (Å²) >= 11 is 11.7. The Hall–Kier alpha value is -2.12. The number of nitrogens with two attached hydrogens (primary N) is 1. The molecule has 22 heavy (non-hydrogen) atoms. The average molecular weight is 342 g/mol. The summed E-state index contributed by atoms with van der Waals surface area (Å²) in [6, 6.07) is 4.20. The van der Waals surface area contributed by atoms with Crippen molar-refractivity contribution in [2.45, 2.75) is 19.9 Å². The molecule has 1 aromatic carbocycles. The van der Waals surface area contributed by atoms with E-state index >= 15 is 0 Å². The molecule has 9 heteroatoms. The van der Waals surface area contributed by atoms with Crippen molar-refractivity contribution in [3.8, 4) is 0 Å². The van der Waals surface area contributed by atoms with Crippen molar-refractivity contribution in [2.75, 3.05) is 0 Å². The van der Waals surface area contributed by atoms with Gasteiger partial charge in [0.05, 0.1) is 15.7 Å². The van der Waals surface area contributed by atoms with Gasteiger partial charge in [-0.05, 0) is 32.0 Å². The fourth-order valence-corrected chi connectivity index (χ4v) is 2.22. The Morgan fingerprint density at radius 3 is 2.36 bits per heavy atom. The molecule has 0 unspecified atom stereocenters. The molecule has 0 bridgehead atoms. The number of halogens is 2. The Morgan fingerprint density at radius 2 is 1.86 bits per heavy atom.